The molecule has 1 aromatic rings. The van der Waals surface area contributed by atoms with Gasteiger partial charge in [-0.25, -0.2) is 9.36 Å². The summed E-state index contributed by atoms with van der Waals surface area (Å²) in [4.78, 5) is 15.3. The van der Waals surface area contributed by atoms with Gasteiger partial charge in [-0.3, -0.25) is 5.32 Å². The van der Waals surface area contributed by atoms with E-state index in [0.29, 0.717) is 5.92 Å². The smallest absolute Gasteiger partial charge is 0.329 e. The standard InChI is InChI=1S/C23H43N3O2/c1-3-4-5-6-7-8-9-10-11-15-18-24-19(2)26-22(27)21(25-23(26)28)20-16-13-12-14-17-20/h19-20,24,27H,3-18H2,1-2H3,(H,25,28). The maximum absolute atomic E-state index is 12.4. The fourth-order valence-corrected chi connectivity index (χ4v) is 4.51. The highest BCUT2D eigenvalue weighted by Gasteiger charge is 2.25. The number of nitrogens with one attached hydrogen (secondary N) is 2. The Bertz CT molecular complexity index is 587. The maximum atomic E-state index is 12.4. The zero-order chi connectivity index (χ0) is 20.2. The minimum absolute atomic E-state index is 0.139. The average molecular weight is 394 g/mol. The number of aromatic nitrogens is 2. The predicted octanol–water partition coefficient (Wildman–Crippen LogP) is 5.96. The average Bonchev–Trinajstić information content (AvgIpc) is 3.01. The molecule has 0 saturated heterocycles. The van der Waals surface area contributed by atoms with Gasteiger partial charge in [-0.15, -0.1) is 0 Å². The lowest BCUT2D eigenvalue weighted by Crippen LogP contribution is -2.31. The summed E-state index contributed by atoms with van der Waals surface area (Å²) in [6, 6.07) is 0. The van der Waals surface area contributed by atoms with Gasteiger partial charge in [0.05, 0.1) is 11.9 Å². The van der Waals surface area contributed by atoms with Crippen LogP contribution >= 0.6 is 0 Å². The largest absolute Gasteiger partial charge is 0.493 e. The van der Waals surface area contributed by atoms with Crippen LogP contribution in [0, 0.1) is 0 Å². The van der Waals surface area contributed by atoms with Crippen molar-refractivity contribution < 1.29 is 5.11 Å². The number of hydrogen-bond donors (Lipinski definition) is 3. The van der Waals surface area contributed by atoms with Crippen molar-refractivity contribution in [1.29, 1.82) is 0 Å². The van der Waals surface area contributed by atoms with Crippen molar-refractivity contribution in [2.24, 2.45) is 0 Å². The van der Waals surface area contributed by atoms with Gasteiger partial charge in [0.15, 0.2) is 0 Å². The molecule has 1 heterocycles. The molecule has 1 aromatic heterocycles. The van der Waals surface area contributed by atoms with Crippen molar-refractivity contribution in [2.75, 3.05) is 6.54 Å². The van der Waals surface area contributed by atoms with E-state index in [9.17, 15) is 9.90 Å². The van der Waals surface area contributed by atoms with E-state index < -0.39 is 0 Å². The van der Waals surface area contributed by atoms with Crippen LogP contribution < -0.4 is 11.0 Å². The van der Waals surface area contributed by atoms with Crippen LogP contribution in [0.5, 0.6) is 5.88 Å². The monoisotopic (exact) mass is 393 g/mol. The van der Waals surface area contributed by atoms with Gasteiger partial charge in [0.1, 0.15) is 0 Å². The summed E-state index contributed by atoms with van der Waals surface area (Å²) < 4.78 is 1.49. The quantitative estimate of drug-likeness (QED) is 0.342. The van der Waals surface area contributed by atoms with Crippen molar-refractivity contribution in [3.05, 3.63) is 16.2 Å². The molecule has 1 unspecified atom stereocenters. The third-order valence-corrected chi connectivity index (χ3v) is 6.30. The first kappa shape index (κ1) is 23.1. The molecule has 28 heavy (non-hydrogen) atoms. The minimum atomic E-state index is -0.193. The van der Waals surface area contributed by atoms with Crippen LogP contribution in [0.3, 0.4) is 0 Å². The molecular formula is C23H43N3O2. The fraction of sp³-hybridized carbons (Fsp3) is 0.870. The van der Waals surface area contributed by atoms with E-state index in [1.807, 2.05) is 6.92 Å². The normalized spacial score (nSPS) is 16.5. The second-order valence-corrected chi connectivity index (χ2v) is 8.68. The maximum Gasteiger partial charge on any atom is 0.329 e. The second kappa shape index (κ2) is 13.1. The van der Waals surface area contributed by atoms with Crippen LogP contribution in [0.15, 0.2) is 4.79 Å². The summed E-state index contributed by atoms with van der Waals surface area (Å²) in [7, 11) is 0. The molecule has 1 atom stereocenters. The van der Waals surface area contributed by atoms with Crippen molar-refractivity contribution in [1.82, 2.24) is 14.9 Å². The Morgan fingerprint density at radius 1 is 1.00 bits per heavy atom. The van der Waals surface area contributed by atoms with Gasteiger partial charge >= 0.3 is 5.69 Å². The number of nitrogens with zero attached hydrogens (tertiary/aromatic N) is 1. The van der Waals surface area contributed by atoms with Crippen molar-refractivity contribution >= 4 is 0 Å². The van der Waals surface area contributed by atoms with Crippen LogP contribution in [0.2, 0.25) is 0 Å². The highest BCUT2D eigenvalue weighted by Crippen LogP contribution is 2.35. The first-order valence-electron chi connectivity index (χ1n) is 11.9. The Morgan fingerprint density at radius 2 is 1.57 bits per heavy atom. The summed E-state index contributed by atoms with van der Waals surface area (Å²) in [6.07, 6.45) is 18.8. The molecule has 0 aliphatic heterocycles. The molecule has 162 valence electrons. The Morgan fingerprint density at radius 3 is 2.18 bits per heavy atom. The van der Waals surface area contributed by atoms with Gasteiger partial charge in [0.2, 0.25) is 5.88 Å². The molecule has 1 saturated carbocycles. The summed E-state index contributed by atoms with van der Waals surface area (Å²) in [5, 5.41) is 14.0. The minimum Gasteiger partial charge on any atom is -0.493 e. The highest BCUT2D eigenvalue weighted by atomic mass is 16.3. The van der Waals surface area contributed by atoms with E-state index in [-0.39, 0.29) is 17.7 Å². The Kier molecular flexibility index (Phi) is 10.8. The van der Waals surface area contributed by atoms with E-state index in [1.165, 1.54) is 81.6 Å². The predicted molar refractivity (Wildman–Crippen MR) is 117 cm³/mol. The molecule has 0 radical (unpaired) electrons. The Labute approximate surface area is 171 Å². The fourth-order valence-electron chi connectivity index (χ4n) is 4.51. The number of hydrogen-bond acceptors (Lipinski definition) is 3. The summed E-state index contributed by atoms with van der Waals surface area (Å²) in [6.45, 7) is 5.10. The molecule has 5 heteroatoms. The van der Waals surface area contributed by atoms with E-state index in [1.54, 1.807) is 0 Å². The topological polar surface area (TPSA) is 70.0 Å². The summed E-state index contributed by atoms with van der Waals surface area (Å²) >= 11 is 0. The number of rotatable bonds is 14. The number of imidazole rings is 1. The van der Waals surface area contributed by atoms with Gasteiger partial charge < -0.3 is 10.1 Å². The molecule has 1 fully saturated rings. The second-order valence-electron chi connectivity index (χ2n) is 8.68. The molecule has 1 aliphatic carbocycles. The molecule has 3 N–H and O–H groups in total. The molecule has 0 spiro atoms. The Balaban J connectivity index is 1.63. The molecule has 0 amide bonds. The zero-order valence-corrected chi connectivity index (χ0v) is 18.3. The summed E-state index contributed by atoms with van der Waals surface area (Å²) in [5.74, 6) is 0.442. The van der Waals surface area contributed by atoms with Crippen molar-refractivity contribution in [3.63, 3.8) is 0 Å². The number of aromatic hydroxyl groups is 1. The van der Waals surface area contributed by atoms with Gasteiger partial charge in [-0.1, -0.05) is 84.0 Å². The van der Waals surface area contributed by atoms with Crippen LogP contribution in [-0.4, -0.2) is 21.2 Å². The highest BCUT2D eigenvalue weighted by molar-refractivity contribution is 5.23. The van der Waals surface area contributed by atoms with E-state index in [4.69, 9.17) is 0 Å². The zero-order valence-electron chi connectivity index (χ0n) is 18.3. The van der Waals surface area contributed by atoms with Crippen molar-refractivity contribution in [3.8, 4) is 5.88 Å². The first-order valence-corrected chi connectivity index (χ1v) is 11.9. The van der Waals surface area contributed by atoms with Crippen LogP contribution in [-0.2, 0) is 0 Å². The molecule has 0 aromatic carbocycles. The first-order chi connectivity index (χ1) is 13.6. The number of unbranched alkanes of at least 4 members (excludes halogenated alkanes) is 9. The Hall–Kier alpha value is -1.23. The molecular weight excluding hydrogens is 350 g/mol. The molecule has 2 rings (SSSR count). The molecule has 0 bridgehead atoms. The van der Waals surface area contributed by atoms with Gasteiger partial charge in [0.25, 0.3) is 0 Å². The number of H-pyrrole nitrogens is 1. The van der Waals surface area contributed by atoms with E-state index in [0.717, 1.165) is 31.5 Å². The molecule has 1 aliphatic rings. The lowest BCUT2D eigenvalue weighted by atomic mass is 9.87. The molecule has 5 nitrogen and oxygen atoms in total. The third-order valence-electron chi connectivity index (χ3n) is 6.30. The van der Waals surface area contributed by atoms with Crippen LogP contribution in [0.4, 0.5) is 0 Å². The van der Waals surface area contributed by atoms with E-state index in [2.05, 4.69) is 17.2 Å². The van der Waals surface area contributed by atoms with E-state index >= 15 is 0 Å². The lowest BCUT2D eigenvalue weighted by Gasteiger charge is -2.21. The lowest BCUT2D eigenvalue weighted by molar-refractivity contribution is 0.338. The summed E-state index contributed by atoms with van der Waals surface area (Å²) in [5.41, 5.74) is 0.554. The third kappa shape index (κ3) is 7.31. The van der Waals surface area contributed by atoms with Gasteiger partial charge in [0, 0.05) is 5.92 Å². The van der Waals surface area contributed by atoms with Crippen LogP contribution in [0.1, 0.15) is 128 Å². The van der Waals surface area contributed by atoms with Gasteiger partial charge in [-0.05, 0) is 32.7 Å². The number of aromatic amines is 1. The van der Waals surface area contributed by atoms with Crippen molar-refractivity contribution in [2.45, 2.75) is 122 Å². The SMILES string of the molecule is CCCCCCCCCCCCNC(C)n1c(O)c(C2CCCCC2)[nH]c1=O. The van der Waals surface area contributed by atoms with Crippen LogP contribution in [0.25, 0.3) is 0 Å². The van der Waals surface area contributed by atoms with Gasteiger partial charge in [-0.2, -0.15) is 0 Å².